The number of fused-ring (bicyclic) bond motifs is 1. The van der Waals surface area contributed by atoms with Crippen molar-refractivity contribution in [3.8, 4) is 0 Å². The minimum absolute atomic E-state index is 0.0550. The summed E-state index contributed by atoms with van der Waals surface area (Å²) in [6.07, 6.45) is 1.50. The van der Waals surface area contributed by atoms with Gasteiger partial charge in [-0.1, -0.05) is 30.3 Å². The van der Waals surface area contributed by atoms with E-state index in [4.69, 9.17) is 16.3 Å². The first kappa shape index (κ1) is 24.2. The fraction of sp³-hybridized carbons (Fsp3) is 0.500. The average Bonchev–Trinajstić information content (AvgIpc) is 2.69. The van der Waals surface area contributed by atoms with E-state index >= 15 is 0 Å². The summed E-state index contributed by atoms with van der Waals surface area (Å²) in [6.45, 7) is 7.20. The lowest BCUT2D eigenvalue weighted by molar-refractivity contribution is -0.117. The van der Waals surface area contributed by atoms with Gasteiger partial charge in [0.15, 0.2) is 5.16 Å². The monoisotopic (exact) mass is 454 g/mol. The fourth-order valence-corrected chi connectivity index (χ4v) is 3.59. The smallest absolute Gasteiger partial charge is 0.321 e. The second-order valence-corrected chi connectivity index (χ2v) is 8.26. The standard InChI is InChI=1S/C20H27ClN4O4S/c1-4-8-22-19(28)24-17(26)12-30-20-23-16-11-14(21)6-7-15(16)18(27)25(20)9-5-10-29-13(2)3/h6-7,11,13H,4-5,8-10,12H2,1-3H3,(H2,22,24,26,28). The maximum Gasteiger partial charge on any atom is 0.321 e. The molecule has 1 aromatic carbocycles. The number of carbonyl (C=O) groups is 2. The largest absolute Gasteiger partial charge is 0.379 e. The summed E-state index contributed by atoms with van der Waals surface area (Å²) in [4.78, 5) is 41.2. The van der Waals surface area contributed by atoms with Crippen molar-refractivity contribution in [1.29, 1.82) is 0 Å². The minimum Gasteiger partial charge on any atom is -0.379 e. The Kier molecular flexibility index (Phi) is 9.61. The van der Waals surface area contributed by atoms with Crippen molar-refractivity contribution in [2.45, 2.75) is 51.4 Å². The van der Waals surface area contributed by atoms with E-state index in [1.165, 1.54) is 4.57 Å². The van der Waals surface area contributed by atoms with Crippen molar-refractivity contribution in [1.82, 2.24) is 20.2 Å². The van der Waals surface area contributed by atoms with E-state index < -0.39 is 11.9 Å². The molecule has 2 rings (SSSR count). The molecular formula is C20H27ClN4O4S. The zero-order valence-corrected chi connectivity index (χ0v) is 18.9. The molecule has 2 N–H and O–H groups in total. The molecule has 1 aromatic heterocycles. The quantitative estimate of drug-likeness (QED) is 0.324. The predicted molar refractivity (Wildman–Crippen MR) is 119 cm³/mol. The predicted octanol–water partition coefficient (Wildman–Crippen LogP) is 3.19. The van der Waals surface area contributed by atoms with Crippen LogP contribution < -0.4 is 16.2 Å². The lowest BCUT2D eigenvalue weighted by Crippen LogP contribution is -2.40. The normalized spacial score (nSPS) is 11.1. The zero-order valence-electron chi connectivity index (χ0n) is 17.4. The van der Waals surface area contributed by atoms with Crippen molar-refractivity contribution < 1.29 is 14.3 Å². The van der Waals surface area contributed by atoms with Gasteiger partial charge in [-0.25, -0.2) is 9.78 Å². The minimum atomic E-state index is -0.538. The molecule has 164 valence electrons. The summed E-state index contributed by atoms with van der Waals surface area (Å²) in [5, 5.41) is 6.16. The van der Waals surface area contributed by atoms with Crippen LogP contribution >= 0.6 is 23.4 Å². The molecule has 0 unspecified atom stereocenters. The van der Waals surface area contributed by atoms with Crippen LogP contribution in [-0.4, -0.2) is 46.5 Å². The van der Waals surface area contributed by atoms with E-state index in [1.54, 1.807) is 18.2 Å². The SMILES string of the molecule is CCCNC(=O)NC(=O)CSc1nc2cc(Cl)ccc2c(=O)n1CCCOC(C)C. The van der Waals surface area contributed by atoms with Gasteiger partial charge in [-0.3, -0.25) is 19.5 Å². The van der Waals surface area contributed by atoms with Crippen LogP contribution in [0.5, 0.6) is 0 Å². The third-order valence-electron chi connectivity index (χ3n) is 3.98. The van der Waals surface area contributed by atoms with Gasteiger partial charge in [0.25, 0.3) is 5.56 Å². The van der Waals surface area contributed by atoms with Gasteiger partial charge in [0.1, 0.15) is 0 Å². The van der Waals surface area contributed by atoms with Crippen LogP contribution in [-0.2, 0) is 16.1 Å². The van der Waals surface area contributed by atoms with Gasteiger partial charge in [-0.05, 0) is 44.9 Å². The molecule has 0 atom stereocenters. The Balaban J connectivity index is 2.18. The number of rotatable bonds is 10. The van der Waals surface area contributed by atoms with Crippen molar-refractivity contribution in [3.05, 3.63) is 33.6 Å². The number of carbonyl (C=O) groups excluding carboxylic acids is 2. The fourth-order valence-electron chi connectivity index (χ4n) is 2.60. The third-order valence-corrected chi connectivity index (χ3v) is 5.19. The molecule has 0 aliphatic carbocycles. The highest BCUT2D eigenvalue weighted by molar-refractivity contribution is 7.99. The number of benzene rings is 1. The second kappa shape index (κ2) is 11.9. The number of urea groups is 1. The molecule has 1 heterocycles. The molecular weight excluding hydrogens is 428 g/mol. The van der Waals surface area contributed by atoms with Gasteiger partial charge in [0.2, 0.25) is 5.91 Å². The number of nitrogens with zero attached hydrogens (tertiary/aromatic N) is 2. The van der Waals surface area contributed by atoms with Crippen LogP contribution in [0.1, 0.15) is 33.6 Å². The van der Waals surface area contributed by atoms with E-state index in [-0.39, 0.29) is 17.4 Å². The number of hydrogen-bond donors (Lipinski definition) is 2. The lowest BCUT2D eigenvalue weighted by atomic mass is 10.2. The highest BCUT2D eigenvalue weighted by Crippen LogP contribution is 2.20. The van der Waals surface area contributed by atoms with E-state index in [1.807, 2.05) is 20.8 Å². The number of amides is 3. The van der Waals surface area contributed by atoms with Crippen LogP contribution in [0.4, 0.5) is 4.79 Å². The molecule has 3 amide bonds. The first-order valence-corrected chi connectivity index (χ1v) is 11.2. The van der Waals surface area contributed by atoms with Crippen molar-refractivity contribution in [2.24, 2.45) is 0 Å². The summed E-state index contributed by atoms with van der Waals surface area (Å²) >= 11 is 7.14. The van der Waals surface area contributed by atoms with Gasteiger partial charge in [0.05, 0.1) is 22.8 Å². The van der Waals surface area contributed by atoms with Crippen LogP contribution in [0, 0.1) is 0 Å². The molecule has 0 fully saturated rings. The van der Waals surface area contributed by atoms with Crippen molar-refractivity contribution in [3.63, 3.8) is 0 Å². The molecule has 8 nitrogen and oxygen atoms in total. The molecule has 0 radical (unpaired) electrons. The number of halogens is 1. The first-order valence-electron chi connectivity index (χ1n) is 9.84. The average molecular weight is 455 g/mol. The van der Waals surface area contributed by atoms with Crippen molar-refractivity contribution in [2.75, 3.05) is 18.9 Å². The molecule has 0 saturated carbocycles. The number of hydrogen-bond acceptors (Lipinski definition) is 6. The Bertz CT molecular complexity index is 948. The Morgan fingerprint density at radius 2 is 2.10 bits per heavy atom. The molecule has 30 heavy (non-hydrogen) atoms. The van der Waals surface area contributed by atoms with E-state index in [2.05, 4.69) is 15.6 Å². The highest BCUT2D eigenvalue weighted by atomic mass is 35.5. The van der Waals surface area contributed by atoms with Crippen LogP contribution in [0.3, 0.4) is 0 Å². The number of nitrogens with one attached hydrogen (secondary N) is 2. The molecule has 0 aliphatic heterocycles. The molecule has 0 saturated heterocycles. The summed E-state index contributed by atoms with van der Waals surface area (Å²) < 4.78 is 7.09. The number of ether oxygens (including phenoxy) is 1. The maximum absolute atomic E-state index is 13.0. The van der Waals surface area contributed by atoms with Crippen LogP contribution in [0.15, 0.2) is 28.2 Å². The van der Waals surface area contributed by atoms with Gasteiger partial charge < -0.3 is 10.1 Å². The first-order chi connectivity index (χ1) is 14.3. The third kappa shape index (κ3) is 7.30. The van der Waals surface area contributed by atoms with Gasteiger partial charge in [-0.2, -0.15) is 0 Å². The van der Waals surface area contributed by atoms with Crippen LogP contribution in [0.25, 0.3) is 10.9 Å². The van der Waals surface area contributed by atoms with Crippen molar-refractivity contribution >= 4 is 46.2 Å². The Morgan fingerprint density at radius 3 is 2.80 bits per heavy atom. The zero-order chi connectivity index (χ0) is 22.1. The topological polar surface area (TPSA) is 102 Å². The molecule has 0 aliphatic rings. The lowest BCUT2D eigenvalue weighted by Gasteiger charge is -2.14. The number of thioether (sulfide) groups is 1. The summed E-state index contributed by atoms with van der Waals surface area (Å²) in [6, 6.07) is 4.37. The number of aromatic nitrogens is 2. The van der Waals surface area contributed by atoms with E-state index in [0.29, 0.717) is 47.2 Å². The summed E-state index contributed by atoms with van der Waals surface area (Å²) in [5.41, 5.74) is 0.260. The number of imide groups is 1. The molecule has 10 heteroatoms. The Labute approximate surface area is 184 Å². The van der Waals surface area contributed by atoms with Gasteiger partial charge in [-0.15, -0.1) is 0 Å². The molecule has 2 aromatic rings. The molecule has 0 spiro atoms. The van der Waals surface area contributed by atoms with Gasteiger partial charge in [0, 0.05) is 24.7 Å². The van der Waals surface area contributed by atoms with Crippen LogP contribution in [0.2, 0.25) is 5.02 Å². The maximum atomic E-state index is 13.0. The van der Waals surface area contributed by atoms with E-state index in [0.717, 1.165) is 18.2 Å². The Morgan fingerprint density at radius 1 is 1.33 bits per heavy atom. The highest BCUT2D eigenvalue weighted by Gasteiger charge is 2.15. The Hall–Kier alpha value is -2.10. The summed E-state index contributed by atoms with van der Waals surface area (Å²) in [7, 11) is 0. The second-order valence-electron chi connectivity index (χ2n) is 6.88. The van der Waals surface area contributed by atoms with Gasteiger partial charge >= 0.3 is 6.03 Å². The molecule has 0 bridgehead atoms. The van der Waals surface area contributed by atoms with E-state index in [9.17, 15) is 14.4 Å². The summed E-state index contributed by atoms with van der Waals surface area (Å²) in [5.74, 6) is -0.524.